The van der Waals surface area contributed by atoms with E-state index in [0.29, 0.717) is 11.4 Å². The summed E-state index contributed by atoms with van der Waals surface area (Å²) in [5.74, 6) is 0. The fourth-order valence-electron chi connectivity index (χ4n) is 9.36. The molecule has 0 radical (unpaired) electrons. The first kappa shape index (κ1) is 28.3. The number of hydrogen-bond donors (Lipinski definition) is 0. The molecular formula is C62H41N. The minimum Gasteiger partial charge on any atom is -0.310 e. The zero-order valence-corrected chi connectivity index (χ0v) is 33.9. The molecule has 0 aliphatic heterocycles. The van der Waals surface area contributed by atoms with Crippen molar-refractivity contribution in [3.05, 3.63) is 249 Å². The molecule has 1 heteroatoms. The Balaban J connectivity index is 1.09. The summed E-state index contributed by atoms with van der Waals surface area (Å²) in [4.78, 5) is 1.73. The zero-order valence-electron chi connectivity index (χ0n) is 42.9. The van der Waals surface area contributed by atoms with Crippen LogP contribution in [-0.2, 0) is 0 Å². The standard InChI is InChI=1S/C62H41N/c1-3-16-42(17-4-1)43-30-35-48(36-31-43)63(49-37-32-44(33-38-49)46-34-39-57-53-24-8-7-22-51(53)52-23-9-10-27-56(52)60(57)41-46)50-21-15-20-47(40-50)62-59-29-14-12-26-55(59)54-25-11-13-28-58(54)61(62)45-18-5-2-6-19-45/h1-41H/i1D,3D,4D,16D,17D,30D,31D,35D,36D. The molecule has 63 heavy (non-hydrogen) atoms. The lowest BCUT2D eigenvalue weighted by Crippen LogP contribution is -2.10. The second-order valence-corrected chi connectivity index (χ2v) is 15.7. The number of nitrogens with zero attached hydrogens (tertiary/aromatic N) is 1. The molecule has 0 aliphatic carbocycles. The molecule has 0 amide bonds. The molecule has 0 spiro atoms. The van der Waals surface area contributed by atoms with Gasteiger partial charge in [-0.3, -0.25) is 0 Å². The molecule has 0 atom stereocenters. The first-order chi connectivity index (χ1) is 35.0. The Labute approximate surface area is 380 Å². The molecule has 0 saturated carbocycles. The Kier molecular flexibility index (Phi) is 6.89. The number of hydrogen-bond acceptors (Lipinski definition) is 1. The third kappa shape index (κ3) is 6.33. The second-order valence-electron chi connectivity index (χ2n) is 15.7. The highest BCUT2D eigenvalue weighted by atomic mass is 15.1. The van der Waals surface area contributed by atoms with Gasteiger partial charge in [-0.25, -0.2) is 0 Å². The SMILES string of the molecule is [2H]c1c([2H])c([2H])c(-c2c([2H])c([2H])c(N(c3ccc(-c4ccc5c6ccccc6c6ccccc6c5c4)cc3)c3cccc(-c4c(-c5ccccc5)c5ccccc5c5ccccc45)c3)c([2H])c2[2H])c([2H])c1[2H]. The van der Waals surface area contributed by atoms with Crippen molar-refractivity contribution in [3.63, 3.8) is 0 Å². The number of rotatable bonds is 7. The Morgan fingerprint density at radius 3 is 1.30 bits per heavy atom. The van der Waals surface area contributed by atoms with E-state index in [-0.39, 0.29) is 11.3 Å². The Hall–Kier alpha value is -8.26. The van der Waals surface area contributed by atoms with E-state index >= 15 is 0 Å². The van der Waals surface area contributed by atoms with E-state index in [0.717, 1.165) is 71.1 Å². The van der Waals surface area contributed by atoms with E-state index in [1.54, 1.807) is 4.90 Å². The lowest BCUT2D eigenvalue weighted by molar-refractivity contribution is 1.28. The van der Waals surface area contributed by atoms with E-state index in [9.17, 15) is 5.48 Å². The second kappa shape index (κ2) is 15.3. The molecule has 294 valence electrons. The third-order valence-electron chi connectivity index (χ3n) is 12.2. The minimum atomic E-state index is -0.630. The summed E-state index contributed by atoms with van der Waals surface area (Å²) in [6, 6.07) is 61.1. The summed E-state index contributed by atoms with van der Waals surface area (Å²) in [6.07, 6.45) is 0. The summed E-state index contributed by atoms with van der Waals surface area (Å²) in [6.45, 7) is 0. The van der Waals surface area contributed by atoms with Crippen LogP contribution >= 0.6 is 0 Å². The van der Waals surface area contributed by atoms with Gasteiger partial charge in [0.05, 0.1) is 12.3 Å². The lowest BCUT2D eigenvalue weighted by Gasteiger charge is -2.27. The van der Waals surface area contributed by atoms with Gasteiger partial charge in [0.1, 0.15) is 0 Å². The molecule has 0 aliphatic rings. The van der Waals surface area contributed by atoms with Crippen molar-refractivity contribution < 1.29 is 12.3 Å². The first-order valence-corrected chi connectivity index (χ1v) is 21.0. The molecule has 0 bridgehead atoms. The topological polar surface area (TPSA) is 3.24 Å². The van der Waals surface area contributed by atoms with Crippen LogP contribution < -0.4 is 4.90 Å². The predicted octanol–water partition coefficient (Wildman–Crippen LogP) is 17.6. The molecule has 12 aromatic carbocycles. The quantitative estimate of drug-likeness (QED) is 0.145. The average molecular weight is 809 g/mol. The maximum Gasteiger partial charge on any atom is 0.0645 e. The van der Waals surface area contributed by atoms with Crippen molar-refractivity contribution >= 4 is 70.9 Å². The van der Waals surface area contributed by atoms with Crippen molar-refractivity contribution in [1.82, 2.24) is 0 Å². The highest BCUT2D eigenvalue weighted by molar-refractivity contribution is 6.26. The van der Waals surface area contributed by atoms with Crippen molar-refractivity contribution in [1.29, 1.82) is 0 Å². The fraction of sp³-hybridized carbons (Fsp3) is 0. The van der Waals surface area contributed by atoms with Crippen LogP contribution in [-0.4, -0.2) is 0 Å². The molecule has 0 aromatic heterocycles. The molecule has 1 nitrogen and oxygen atoms in total. The zero-order chi connectivity index (χ0) is 49.5. The highest BCUT2D eigenvalue weighted by Gasteiger charge is 2.20. The van der Waals surface area contributed by atoms with Gasteiger partial charge in [-0.1, -0.05) is 206 Å². The maximum absolute atomic E-state index is 9.70. The normalized spacial score (nSPS) is 13.5. The van der Waals surface area contributed by atoms with Crippen LogP contribution in [0.25, 0.3) is 98.4 Å². The van der Waals surface area contributed by atoms with Gasteiger partial charge >= 0.3 is 0 Å². The van der Waals surface area contributed by atoms with Gasteiger partial charge in [0.15, 0.2) is 0 Å². The van der Waals surface area contributed by atoms with Gasteiger partial charge < -0.3 is 4.90 Å². The van der Waals surface area contributed by atoms with E-state index in [1.807, 2.05) is 78.9 Å². The van der Waals surface area contributed by atoms with Gasteiger partial charge in [0.25, 0.3) is 0 Å². The van der Waals surface area contributed by atoms with Gasteiger partial charge in [-0.05, 0) is 141 Å². The number of benzene rings is 12. The lowest BCUT2D eigenvalue weighted by atomic mass is 9.85. The Morgan fingerprint density at radius 2 is 0.698 bits per heavy atom. The van der Waals surface area contributed by atoms with Gasteiger partial charge in [0.2, 0.25) is 0 Å². The molecular weight excluding hydrogens is 759 g/mol. The van der Waals surface area contributed by atoms with Gasteiger partial charge in [-0.15, -0.1) is 0 Å². The van der Waals surface area contributed by atoms with Crippen LogP contribution in [0.1, 0.15) is 12.3 Å². The molecule has 12 aromatic rings. The van der Waals surface area contributed by atoms with Crippen molar-refractivity contribution in [2.45, 2.75) is 0 Å². The number of anilines is 3. The van der Waals surface area contributed by atoms with Crippen LogP contribution in [0.2, 0.25) is 0 Å². The van der Waals surface area contributed by atoms with Gasteiger partial charge in [-0.2, -0.15) is 0 Å². The minimum absolute atomic E-state index is 0.0678. The van der Waals surface area contributed by atoms with E-state index in [2.05, 4.69) is 115 Å². The van der Waals surface area contributed by atoms with Crippen LogP contribution in [0.15, 0.2) is 249 Å². The largest absolute Gasteiger partial charge is 0.310 e. The molecule has 0 N–H and O–H groups in total. The third-order valence-corrected chi connectivity index (χ3v) is 12.2. The van der Waals surface area contributed by atoms with E-state index in [1.165, 1.54) is 16.2 Å². The van der Waals surface area contributed by atoms with Crippen LogP contribution in [0.4, 0.5) is 17.1 Å². The Morgan fingerprint density at radius 1 is 0.238 bits per heavy atom. The predicted molar refractivity (Wildman–Crippen MR) is 270 cm³/mol. The van der Waals surface area contributed by atoms with Gasteiger partial charge in [0, 0.05) is 17.1 Å². The molecule has 0 fully saturated rings. The summed E-state index contributed by atoms with van der Waals surface area (Å²) in [5.41, 5.74) is 6.11. The highest BCUT2D eigenvalue weighted by Crippen LogP contribution is 2.46. The summed E-state index contributed by atoms with van der Waals surface area (Å²) < 4.78 is 80.7. The van der Waals surface area contributed by atoms with Crippen molar-refractivity contribution in [2.24, 2.45) is 0 Å². The van der Waals surface area contributed by atoms with E-state index < -0.39 is 59.9 Å². The summed E-state index contributed by atoms with van der Waals surface area (Å²) in [5, 5.41) is 11.3. The van der Waals surface area contributed by atoms with Crippen LogP contribution in [0, 0.1) is 0 Å². The maximum atomic E-state index is 9.70. The summed E-state index contributed by atoms with van der Waals surface area (Å²) in [7, 11) is 0. The molecule has 0 heterocycles. The molecule has 12 rings (SSSR count). The average Bonchev–Trinajstić information content (AvgIpc) is 3.43. The van der Waals surface area contributed by atoms with Crippen LogP contribution in [0.5, 0.6) is 0 Å². The molecule has 0 saturated heterocycles. The van der Waals surface area contributed by atoms with Crippen molar-refractivity contribution in [3.8, 4) is 44.5 Å². The van der Waals surface area contributed by atoms with Crippen LogP contribution in [0.3, 0.4) is 0 Å². The first-order valence-electron chi connectivity index (χ1n) is 25.5. The summed E-state index contributed by atoms with van der Waals surface area (Å²) >= 11 is 0. The smallest absolute Gasteiger partial charge is 0.0645 e. The fourth-order valence-corrected chi connectivity index (χ4v) is 9.36. The Bertz CT molecular complexity index is 4120. The molecule has 0 unspecified atom stereocenters. The monoisotopic (exact) mass is 808 g/mol. The van der Waals surface area contributed by atoms with Crippen molar-refractivity contribution in [2.75, 3.05) is 4.90 Å². The number of fused-ring (bicyclic) bond motifs is 9. The van der Waals surface area contributed by atoms with E-state index in [4.69, 9.17) is 6.85 Å².